The number of H-pyrrole nitrogens is 1. The van der Waals surface area contributed by atoms with Gasteiger partial charge < -0.3 is 19.9 Å². The van der Waals surface area contributed by atoms with E-state index in [0.717, 1.165) is 33.3 Å². The summed E-state index contributed by atoms with van der Waals surface area (Å²) < 4.78 is 5.25. The highest BCUT2D eigenvalue weighted by Gasteiger charge is 2.11. The van der Waals surface area contributed by atoms with Crippen molar-refractivity contribution >= 4 is 22.6 Å². The van der Waals surface area contributed by atoms with Crippen LogP contribution in [0.2, 0.25) is 0 Å². The lowest BCUT2D eigenvalue weighted by Crippen LogP contribution is -2.13. The van der Waals surface area contributed by atoms with Crippen LogP contribution >= 0.6 is 0 Å². The van der Waals surface area contributed by atoms with Gasteiger partial charge in [0, 0.05) is 65.6 Å². The monoisotopic (exact) mass is 428 g/mol. The first-order valence-corrected chi connectivity index (χ1v) is 10.1. The Hall–Kier alpha value is -4.04. The van der Waals surface area contributed by atoms with E-state index in [9.17, 15) is 4.79 Å². The van der Waals surface area contributed by atoms with Crippen molar-refractivity contribution in [2.75, 3.05) is 33.1 Å². The molecular weight excluding hydrogens is 404 g/mol. The minimum Gasteiger partial charge on any atom is -0.481 e. The molecule has 1 amide bonds. The number of rotatable bonds is 7. The Bertz CT molecular complexity index is 1280. The molecular formula is C24H24N6O2. The van der Waals surface area contributed by atoms with Gasteiger partial charge in [-0.15, -0.1) is 0 Å². The largest absolute Gasteiger partial charge is 0.481 e. The molecule has 0 radical (unpaired) electrons. The first-order chi connectivity index (χ1) is 15.5. The van der Waals surface area contributed by atoms with Gasteiger partial charge in [0.05, 0.1) is 19.0 Å². The molecule has 0 saturated heterocycles. The molecule has 4 aromatic rings. The standard InChI is InChI=1S/C24H24N6O2/c1-30(2)8-4-5-22(31)29-19-9-17(12-25-14-19)18-10-20-21(15-28-24(20)27-13-18)16-6-7-26-23(11-16)32-3/h4-7,9-15H,8H2,1-3H3,(H,27,28)(H,29,31). The van der Waals surface area contributed by atoms with E-state index >= 15 is 0 Å². The van der Waals surface area contributed by atoms with Crippen LogP contribution in [-0.2, 0) is 4.79 Å². The minimum absolute atomic E-state index is 0.195. The summed E-state index contributed by atoms with van der Waals surface area (Å²) in [6, 6.07) is 7.76. The Balaban J connectivity index is 1.62. The minimum atomic E-state index is -0.195. The fourth-order valence-electron chi connectivity index (χ4n) is 3.31. The Labute approximate surface area is 186 Å². The summed E-state index contributed by atoms with van der Waals surface area (Å²) in [7, 11) is 5.49. The van der Waals surface area contributed by atoms with Crippen LogP contribution in [0.15, 0.2) is 67.4 Å². The number of ether oxygens (including phenoxy) is 1. The quantitative estimate of drug-likeness (QED) is 0.435. The van der Waals surface area contributed by atoms with Gasteiger partial charge in [-0.1, -0.05) is 6.08 Å². The molecule has 4 heterocycles. The van der Waals surface area contributed by atoms with Crippen LogP contribution in [0.25, 0.3) is 33.3 Å². The van der Waals surface area contributed by atoms with E-state index in [2.05, 4.69) is 31.3 Å². The number of fused-ring (bicyclic) bond motifs is 1. The zero-order valence-electron chi connectivity index (χ0n) is 18.2. The molecule has 32 heavy (non-hydrogen) atoms. The second kappa shape index (κ2) is 9.40. The number of anilines is 1. The second-order valence-electron chi connectivity index (χ2n) is 7.53. The molecule has 0 atom stereocenters. The smallest absolute Gasteiger partial charge is 0.248 e. The van der Waals surface area contributed by atoms with E-state index in [1.165, 1.54) is 6.08 Å². The Morgan fingerprint density at radius 3 is 2.78 bits per heavy atom. The number of aromatic nitrogens is 4. The molecule has 0 spiro atoms. The van der Waals surface area contributed by atoms with Crippen LogP contribution < -0.4 is 10.1 Å². The van der Waals surface area contributed by atoms with Gasteiger partial charge in [0.15, 0.2) is 0 Å². The van der Waals surface area contributed by atoms with E-state index in [0.29, 0.717) is 18.1 Å². The highest BCUT2D eigenvalue weighted by molar-refractivity contribution is 6.00. The molecule has 0 aliphatic rings. The van der Waals surface area contributed by atoms with Crippen molar-refractivity contribution in [2.45, 2.75) is 0 Å². The van der Waals surface area contributed by atoms with Crippen molar-refractivity contribution in [3.05, 3.63) is 67.4 Å². The number of methoxy groups -OCH3 is 1. The average molecular weight is 428 g/mol. The van der Waals surface area contributed by atoms with E-state index in [-0.39, 0.29) is 5.91 Å². The average Bonchev–Trinajstić information content (AvgIpc) is 3.22. The number of amides is 1. The first kappa shape index (κ1) is 21.2. The number of hydrogen-bond donors (Lipinski definition) is 2. The van der Waals surface area contributed by atoms with Gasteiger partial charge in [-0.3, -0.25) is 9.78 Å². The molecule has 162 valence electrons. The van der Waals surface area contributed by atoms with Crippen LogP contribution in [0, 0.1) is 0 Å². The van der Waals surface area contributed by atoms with E-state index in [1.54, 1.807) is 31.9 Å². The summed E-state index contributed by atoms with van der Waals surface area (Å²) in [5.41, 5.74) is 5.13. The number of carbonyl (C=O) groups is 1. The zero-order valence-corrected chi connectivity index (χ0v) is 18.2. The van der Waals surface area contributed by atoms with Crippen LogP contribution in [0.1, 0.15) is 0 Å². The summed E-state index contributed by atoms with van der Waals surface area (Å²) in [5.74, 6) is 0.354. The van der Waals surface area contributed by atoms with E-state index in [1.807, 2.05) is 49.5 Å². The normalized spacial score (nSPS) is 11.4. The maximum absolute atomic E-state index is 12.2. The lowest BCUT2D eigenvalue weighted by atomic mass is 10.0. The Morgan fingerprint density at radius 1 is 1.12 bits per heavy atom. The predicted octanol–water partition coefficient (Wildman–Crippen LogP) is 3.75. The van der Waals surface area contributed by atoms with Gasteiger partial charge >= 0.3 is 0 Å². The number of nitrogens with zero attached hydrogens (tertiary/aromatic N) is 4. The summed E-state index contributed by atoms with van der Waals surface area (Å²) in [4.78, 5) is 30.4. The van der Waals surface area contributed by atoms with Gasteiger partial charge in [0.2, 0.25) is 11.8 Å². The van der Waals surface area contributed by atoms with Gasteiger partial charge in [-0.2, -0.15) is 0 Å². The number of aromatic amines is 1. The number of pyridine rings is 3. The van der Waals surface area contributed by atoms with Crippen molar-refractivity contribution in [1.29, 1.82) is 0 Å². The predicted molar refractivity (Wildman–Crippen MR) is 125 cm³/mol. The third-order valence-corrected chi connectivity index (χ3v) is 4.86. The third-order valence-electron chi connectivity index (χ3n) is 4.86. The van der Waals surface area contributed by atoms with Gasteiger partial charge in [-0.05, 0) is 37.9 Å². The van der Waals surface area contributed by atoms with Crippen molar-refractivity contribution in [3.63, 3.8) is 0 Å². The van der Waals surface area contributed by atoms with Gasteiger partial charge in [0.25, 0.3) is 0 Å². The molecule has 0 bridgehead atoms. The fraction of sp³-hybridized carbons (Fsp3) is 0.167. The van der Waals surface area contributed by atoms with Gasteiger partial charge in [0.1, 0.15) is 5.65 Å². The third kappa shape index (κ3) is 4.81. The van der Waals surface area contributed by atoms with Crippen molar-refractivity contribution in [2.24, 2.45) is 0 Å². The number of carbonyl (C=O) groups excluding carboxylic acids is 1. The molecule has 8 heteroatoms. The van der Waals surface area contributed by atoms with Crippen molar-refractivity contribution < 1.29 is 9.53 Å². The maximum atomic E-state index is 12.2. The summed E-state index contributed by atoms with van der Waals surface area (Å²) in [5, 5.41) is 3.82. The number of likely N-dealkylation sites (N-methyl/N-ethyl adjacent to an activating group) is 1. The molecule has 0 fully saturated rings. The maximum Gasteiger partial charge on any atom is 0.248 e. The zero-order chi connectivity index (χ0) is 22.5. The second-order valence-corrected chi connectivity index (χ2v) is 7.53. The van der Waals surface area contributed by atoms with Crippen LogP contribution in [-0.4, -0.2) is 58.5 Å². The molecule has 0 saturated carbocycles. The molecule has 2 N–H and O–H groups in total. The van der Waals surface area contributed by atoms with Gasteiger partial charge in [-0.25, -0.2) is 9.97 Å². The highest BCUT2D eigenvalue weighted by atomic mass is 16.5. The summed E-state index contributed by atoms with van der Waals surface area (Å²) in [6.45, 7) is 0.694. The van der Waals surface area contributed by atoms with E-state index in [4.69, 9.17) is 4.74 Å². The first-order valence-electron chi connectivity index (χ1n) is 10.1. The van der Waals surface area contributed by atoms with Crippen LogP contribution in [0.4, 0.5) is 5.69 Å². The fourth-order valence-corrected chi connectivity index (χ4v) is 3.31. The topological polar surface area (TPSA) is 96.0 Å². The SMILES string of the molecule is COc1cc(-c2c[nH]c3ncc(-c4cncc(NC(=O)C=CCN(C)C)c4)cc23)ccn1. The molecule has 8 nitrogen and oxygen atoms in total. The lowest BCUT2D eigenvalue weighted by molar-refractivity contribution is -0.111. The summed E-state index contributed by atoms with van der Waals surface area (Å²) >= 11 is 0. The Morgan fingerprint density at radius 2 is 1.97 bits per heavy atom. The van der Waals surface area contributed by atoms with Crippen LogP contribution in [0.5, 0.6) is 5.88 Å². The van der Waals surface area contributed by atoms with Crippen molar-refractivity contribution in [3.8, 4) is 28.1 Å². The van der Waals surface area contributed by atoms with E-state index < -0.39 is 0 Å². The molecule has 0 unspecified atom stereocenters. The van der Waals surface area contributed by atoms with Crippen LogP contribution in [0.3, 0.4) is 0 Å². The molecule has 4 rings (SSSR count). The van der Waals surface area contributed by atoms with Crippen molar-refractivity contribution in [1.82, 2.24) is 24.8 Å². The molecule has 0 aliphatic carbocycles. The number of hydrogen-bond acceptors (Lipinski definition) is 6. The molecule has 4 aromatic heterocycles. The number of nitrogens with one attached hydrogen (secondary N) is 2. The lowest BCUT2D eigenvalue weighted by Gasteiger charge is -2.07. The molecule has 0 aromatic carbocycles. The molecule has 0 aliphatic heterocycles. The summed E-state index contributed by atoms with van der Waals surface area (Å²) in [6.07, 6.45) is 12.1. The highest BCUT2D eigenvalue weighted by Crippen LogP contribution is 2.32. The Kier molecular flexibility index (Phi) is 6.23.